The van der Waals surface area contributed by atoms with Crippen LogP contribution in [-0.2, 0) is 4.74 Å². The normalized spacial score (nSPS) is 33.1. The van der Waals surface area contributed by atoms with Gasteiger partial charge in [0.1, 0.15) is 5.60 Å². The van der Waals surface area contributed by atoms with Crippen molar-refractivity contribution in [1.82, 2.24) is 10.6 Å². The average molecular weight is 401 g/mol. The van der Waals surface area contributed by atoms with Crippen molar-refractivity contribution in [3.8, 4) is 0 Å². The number of alkyl carbamates (subject to hydrolysis) is 1. The molecule has 2 fully saturated rings. The summed E-state index contributed by atoms with van der Waals surface area (Å²) in [5.74, 6) is 0.793. The van der Waals surface area contributed by atoms with Gasteiger partial charge in [-0.15, -0.1) is 0 Å². The van der Waals surface area contributed by atoms with E-state index in [0.29, 0.717) is 11.8 Å². The molecule has 0 radical (unpaired) electrons. The van der Waals surface area contributed by atoms with Crippen LogP contribution in [0.15, 0.2) is 0 Å². The summed E-state index contributed by atoms with van der Waals surface area (Å²) in [5, 5.41) is 13.9. The molecule has 0 spiro atoms. The molecule has 2 amide bonds. The molecular weight excluding hydrogens is 360 g/mol. The highest BCUT2D eigenvalue weighted by molar-refractivity contribution is 5.68. The van der Waals surface area contributed by atoms with Crippen LogP contribution in [0.2, 0.25) is 0 Å². The number of carbonyl (C=O) groups is 2. The summed E-state index contributed by atoms with van der Waals surface area (Å²) in [4.78, 5) is 21.9. The van der Waals surface area contributed by atoms with E-state index >= 15 is 0 Å². The summed E-state index contributed by atoms with van der Waals surface area (Å²) in [6.45, 7) is 9.77. The topological polar surface area (TPSA) is 140 Å². The Bertz CT molecular complexity index is 509. The number of nitrogens with two attached hydrogens (primary N) is 2. The van der Waals surface area contributed by atoms with Crippen LogP contribution >= 0.6 is 0 Å². The van der Waals surface area contributed by atoms with Crippen LogP contribution in [0, 0.1) is 11.8 Å². The number of nitrogens with one attached hydrogen (secondary N) is 2. The lowest BCUT2D eigenvalue weighted by atomic mass is 9.83. The fourth-order valence-corrected chi connectivity index (χ4v) is 3.92. The fraction of sp³-hybridized carbons (Fsp3) is 0.900. The van der Waals surface area contributed by atoms with Gasteiger partial charge in [-0.3, -0.25) is 0 Å². The van der Waals surface area contributed by atoms with E-state index in [0.717, 1.165) is 38.5 Å². The molecule has 8 heteroatoms. The van der Waals surface area contributed by atoms with Crippen molar-refractivity contribution < 1.29 is 19.4 Å². The van der Waals surface area contributed by atoms with Gasteiger partial charge < -0.3 is 31.9 Å². The SMILES string of the molecule is C[C@@H]1C[C@H](N)CC[C@H]1NC(=O)OC(C)(C)C.C[C@H]1C[C@@H](N)CC[C@@H]1NC(=O)O. The highest BCUT2D eigenvalue weighted by Crippen LogP contribution is 2.24. The lowest BCUT2D eigenvalue weighted by molar-refractivity contribution is 0.0469. The molecule has 0 aliphatic heterocycles. The predicted octanol–water partition coefficient (Wildman–Crippen LogP) is 2.80. The van der Waals surface area contributed by atoms with Crippen molar-refractivity contribution in [1.29, 1.82) is 0 Å². The highest BCUT2D eigenvalue weighted by Gasteiger charge is 2.28. The largest absolute Gasteiger partial charge is 0.465 e. The summed E-state index contributed by atoms with van der Waals surface area (Å²) in [6, 6.07) is 0.843. The monoisotopic (exact) mass is 400 g/mol. The summed E-state index contributed by atoms with van der Waals surface area (Å²) >= 11 is 0. The van der Waals surface area contributed by atoms with E-state index in [1.807, 2.05) is 27.7 Å². The third kappa shape index (κ3) is 9.59. The molecule has 0 aromatic carbocycles. The van der Waals surface area contributed by atoms with E-state index in [4.69, 9.17) is 21.3 Å². The molecule has 2 saturated carbocycles. The van der Waals surface area contributed by atoms with E-state index in [1.54, 1.807) is 0 Å². The van der Waals surface area contributed by atoms with Gasteiger partial charge in [0.25, 0.3) is 0 Å². The second kappa shape index (κ2) is 10.9. The second-order valence-corrected chi connectivity index (χ2v) is 9.41. The van der Waals surface area contributed by atoms with Crippen LogP contribution in [0.4, 0.5) is 9.59 Å². The third-order valence-electron chi connectivity index (χ3n) is 5.43. The summed E-state index contributed by atoms with van der Waals surface area (Å²) in [7, 11) is 0. The van der Waals surface area contributed by atoms with Gasteiger partial charge >= 0.3 is 12.2 Å². The van der Waals surface area contributed by atoms with Crippen LogP contribution in [0.5, 0.6) is 0 Å². The molecule has 8 nitrogen and oxygen atoms in total. The Morgan fingerprint density at radius 3 is 1.68 bits per heavy atom. The van der Waals surface area contributed by atoms with E-state index < -0.39 is 11.7 Å². The molecule has 28 heavy (non-hydrogen) atoms. The van der Waals surface area contributed by atoms with Crippen molar-refractivity contribution in [2.24, 2.45) is 23.3 Å². The van der Waals surface area contributed by atoms with Crippen LogP contribution in [0.3, 0.4) is 0 Å². The minimum absolute atomic E-state index is 0.0994. The molecular formula is C20H40N4O4. The maximum atomic E-state index is 11.6. The number of hydrogen-bond donors (Lipinski definition) is 5. The molecule has 2 aliphatic carbocycles. The number of carbonyl (C=O) groups excluding carboxylic acids is 1. The quantitative estimate of drug-likeness (QED) is 0.483. The van der Waals surface area contributed by atoms with Gasteiger partial charge in [0.2, 0.25) is 0 Å². The van der Waals surface area contributed by atoms with Crippen LogP contribution in [0.25, 0.3) is 0 Å². The standard InChI is InChI=1S/C12H24N2O2.C8H16N2O2/c1-8-7-9(13)5-6-10(8)14-11(15)16-12(2,3)4;1-5-4-6(9)2-3-7(5)10-8(11)12/h8-10H,5-7,13H2,1-4H3,(H,14,15);5-7,10H,2-4,9H2,1H3,(H,11,12)/t8-,9-,10-;5-,6-,7-/m10/s1. The molecule has 164 valence electrons. The number of hydrogen-bond acceptors (Lipinski definition) is 5. The fourth-order valence-electron chi connectivity index (χ4n) is 3.92. The van der Waals surface area contributed by atoms with E-state index in [-0.39, 0.29) is 30.3 Å². The van der Waals surface area contributed by atoms with Gasteiger partial charge in [-0.1, -0.05) is 13.8 Å². The first kappa shape index (κ1) is 24.5. The molecule has 0 unspecified atom stereocenters. The van der Waals surface area contributed by atoms with Crippen LogP contribution in [-0.4, -0.2) is 47.1 Å². The zero-order chi connectivity index (χ0) is 21.5. The minimum Gasteiger partial charge on any atom is -0.465 e. The van der Waals surface area contributed by atoms with E-state index in [1.165, 1.54) is 0 Å². The van der Waals surface area contributed by atoms with Crippen LogP contribution < -0.4 is 22.1 Å². The Labute approximate surface area is 169 Å². The summed E-state index contributed by atoms with van der Waals surface area (Å²) < 4.78 is 5.23. The Morgan fingerprint density at radius 2 is 1.32 bits per heavy atom. The molecule has 7 N–H and O–H groups in total. The van der Waals surface area contributed by atoms with Gasteiger partial charge in [0.15, 0.2) is 0 Å². The average Bonchev–Trinajstić information content (AvgIpc) is 2.51. The van der Waals surface area contributed by atoms with Crippen molar-refractivity contribution in [2.45, 2.75) is 103 Å². The Morgan fingerprint density at radius 1 is 0.893 bits per heavy atom. The van der Waals surface area contributed by atoms with Gasteiger partial charge in [0, 0.05) is 24.2 Å². The lowest BCUT2D eigenvalue weighted by Gasteiger charge is -2.33. The molecule has 2 aliphatic rings. The van der Waals surface area contributed by atoms with E-state index in [2.05, 4.69) is 17.6 Å². The molecule has 0 aromatic rings. The van der Waals surface area contributed by atoms with Gasteiger partial charge in [-0.25, -0.2) is 9.59 Å². The Hall–Kier alpha value is -1.54. The molecule has 0 heterocycles. The minimum atomic E-state index is -0.928. The molecule has 6 atom stereocenters. The Kier molecular flexibility index (Phi) is 9.50. The number of amides is 2. The lowest BCUT2D eigenvalue weighted by Crippen LogP contribution is -2.47. The molecule has 0 saturated heterocycles. The first-order chi connectivity index (χ1) is 12.9. The first-order valence-corrected chi connectivity index (χ1v) is 10.4. The van der Waals surface area contributed by atoms with Gasteiger partial charge in [0.05, 0.1) is 0 Å². The van der Waals surface area contributed by atoms with Crippen molar-refractivity contribution in [2.75, 3.05) is 0 Å². The number of rotatable bonds is 2. The van der Waals surface area contributed by atoms with Crippen molar-refractivity contribution in [3.63, 3.8) is 0 Å². The van der Waals surface area contributed by atoms with Crippen molar-refractivity contribution >= 4 is 12.2 Å². The predicted molar refractivity (Wildman–Crippen MR) is 110 cm³/mol. The zero-order valence-corrected chi connectivity index (χ0v) is 18.0. The summed E-state index contributed by atoms with van der Waals surface area (Å²) in [6.07, 6.45) is 4.36. The van der Waals surface area contributed by atoms with E-state index in [9.17, 15) is 9.59 Å². The molecule has 2 rings (SSSR count). The molecule has 0 bridgehead atoms. The van der Waals surface area contributed by atoms with Crippen LogP contribution in [0.1, 0.15) is 73.1 Å². The number of ether oxygens (including phenoxy) is 1. The maximum absolute atomic E-state index is 11.6. The first-order valence-electron chi connectivity index (χ1n) is 10.4. The number of carboxylic acid groups (broad SMARTS) is 1. The zero-order valence-electron chi connectivity index (χ0n) is 18.0. The maximum Gasteiger partial charge on any atom is 0.407 e. The van der Waals surface area contributed by atoms with Gasteiger partial charge in [-0.2, -0.15) is 0 Å². The van der Waals surface area contributed by atoms with Crippen molar-refractivity contribution in [3.05, 3.63) is 0 Å². The smallest absolute Gasteiger partial charge is 0.407 e. The molecule has 0 aromatic heterocycles. The van der Waals surface area contributed by atoms with Gasteiger partial charge in [-0.05, 0) is 71.1 Å². The second-order valence-electron chi connectivity index (χ2n) is 9.41. The Balaban J connectivity index is 0.000000292. The summed E-state index contributed by atoms with van der Waals surface area (Å²) in [5.41, 5.74) is 11.2. The highest BCUT2D eigenvalue weighted by atomic mass is 16.6. The third-order valence-corrected chi connectivity index (χ3v) is 5.43.